The van der Waals surface area contributed by atoms with Crippen molar-refractivity contribution < 1.29 is 9.18 Å². The van der Waals surface area contributed by atoms with Crippen LogP contribution in [0.2, 0.25) is 0 Å². The summed E-state index contributed by atoms with van der Waals surface area (Å²) in [5, 5.41) is 3.37. The summed E-state index contributed by atoms with van der Waals surface area (Å²) in [5.41, 5.74) is 1.53. The summed E-state index contributed by atoms with van der Waals surface area (Å²) in [4.78, 5) is 12.9. The maximum atomic E-state index is 12.8. The SMILES string of the molecule is CN(C)C(=O)Nc1cc(-c2ccc(F)cc2)ns1. The molecule has 0 saturated carbocycles. The maximum Gasteiger partial charge on any atom is 0.321 e. The van der Waals surface area contributed by atoms with Crippen molar-refractivity contribution in [2.75, 3.05) is 19.4 Å². The molecule has 0 atom stereocenters. The summed E-state index contributed by atoms with van der Waals surface area (Å²) in [6.07, 6.45) is 0. The lowest BCUT2D eigenvalue weighted by atomic mass is 10.1. The van der Waals surface area contributed by atoms with E-state index in [-0.39, 0.29) is 11.8 Å². The topological polar surface area (TPSA) is 45.2 Å². The molecule has 1 heterocycles. The van der Waals surface area contributed by atoms with E-state index in [0.29, 0.717) is 10.7 Å². The minimum Gasteiger partial charge on any atom is -0.331 e. The van der Waals surface area contributed by atoms with Crippen molar-refractivity contribution in [2.45, 2.75) is 0 Å². The summed E-state index contributed by atoms with van der Waals surface area (Å²) in [7, 11) is 3.33. The molecule has 1 N–H and O–H groups in total. The largest absolute Gasteiger partial charge is 0.331 e. The molecule has 1 aromatic carbocycles. The first-order valence-electron chi connectivity index (χ1n) is 5.27. The molecule has 0 aliphatic rings. The van der Waals surface area contributed by atoms with Crippen molar-refractivity contribution in [1.29, 1.82) is 0 Å². The summed E-state index contributed by atoms with van der Waals surface area (Å²) in [6.45, 7) is 0. The van der Waals surface area contributed by atoms with E-state index in [9.17, 15) is 9.18 Å². The van der Waals surface area contributed by atoms with E-state index in [2.05, 4.69) is 9.69 Å². The average Bonchev–Trinajstić information content (AvgIpc) is 2.78. The third-order valence-electron chi connectivity index (χ3n) is 2.29. The van der Waals surface area contributed by atoms with Gasteiger partial charge in [-0.05, 0) is 35.8 Å². The van der Waals surface area contributed by atoms with E-state index < -0.39 is 0 Å². The van der Waals surface area contributed by atoms with Gasteiger partial charge in [-0.25, -0.2) is 9.18 Å². The second-order valence-corrected chi connectivity index (χ2v) is 4.71. The van der Waals surface area contributed by atoms with Crippen LogP contribution >= 0.6 is 11.5 Å². The van der Waals surface area contributed by atoms with Gasteiger partial charge in [-0.2, -0.15) is 4.37 Å². The summed E-state index contributed by atoms with van der Waals surface area (Å²) < 4.78 is 17.0. The van der Waals surface area contributed by atoms with Crippen molar-refractivity contribution in [3.63, 3.8) is 0 Å². The average molecular weight is 265 g/mol. The van der Waals surface area contributed by atoms with Crippen molar-refractivity contribution in [1.82, 2.24) is 9.27 Å². The third kappa shape index (κ3) is 2.84. The number of hydrogen-bond donors (Lipinski definition) is 1. The molecular weight excluding hydrogens is 253 g/mol. The quantitative estimate of drug-likeness (QED) is 0.907. The Hall–Kier alpha value is -1.95. The molecule has 94 valence electrons. The maximum absolute atomic E-state index is 12.8. The molecule has 0 radical (unpaired) electrons. The number of amides is 2. The van der Waals surface area contributed by atoms with E-state index in [0.717, 1.165) is 5.56 Å². The van der Waals surface area contributed by atoms with Gasteiger partial charge in [-0.3, -0.25) is 5.32 Å². The monoisotopic (exact) mass is 265 g/mol. The Morgan fingerprint density at radius 3 is 2.61 bits per heavy atom. The van der Waals surface area contributed by atoms with Gasteiger partial charge in [0.15, 0.2) is 0 Å². The first-order valence-corrected chi connectivity index (χ1v) is 6.04. The first kappa shape index (κ1) is 12.5. The molecule has 2 amide bonds. The van der Waals surface area contributed by atoms with E-state index in [1.165, 1.54) is 28.6 Å². The van der Waals surface area contributed by atoms with Gasteiger partial charge in [0.2, 0.25) is 0 Å². The second-order valence-electron chi connectivity index (χ2n) is 3.91. The number of anilines is 1. The minimum absolute atomic E-state index is 0.204. The molecule has 6 heteroatoms. The number of halogens is 1. The number of aromatic nitrogens is 1. The van der Waals surface area contributed by atoms with Crippen LogP contribution in [-0.2, 0) is 0 Å². The van der Waals surface area contributed by atoms with Gasteiger partial charge in [0.1, 0.15) is 10.8 Å². The van der Waals surface area contributed by atoms with Crippen LogP contribution in [0.1, 0.15) is 0 Å². The van der Waals surface area contributed by atoms with E-state index >= 15 is 0 Å². The van der Waals surface area contributed by atoms with Gasteiger partial charge < -0.3 is 4.90 Å². The van der Waals surface area contributed by atoms with Gasteiger partial charge in [0.05, 0.1) is 5.69 Å². The van der Waals surface area contributed by atoms with Crippen molar-refractivity contribution in [3.05, 3.63) is 36.1 Å². The normalized spacial score (nSPS) is 10.2. The van der Waals surface area contributed by atoms with Gasteiger partial charge in [-0.15, -0.1) is 0 Å². The molecule has 2 aromatic rings. The Labute approximate surface area is 108 Å². The van der Waals surface area contributed by atoms with E-state index in [1.807, 2.05) is 0 Å². The smallest absolute Gasteiger partial charge is 0.321 e. The van der Waals surface area contributed by atoms with E-state index in [4.69, 9.17) is 0 Å². The standard InChI is InChI=1S/C12H12FN3OS/c1-16(2)12(17)14-11-7-10(15-18-11)8-3-5-9(13)6-4-8/h3-7H,1-2H3,(H,14,17). The van der Waals surface area contributed by atoms with Crippen LogP contribution < -0.4 is 5.32 Å². The van der Waals surface area contributed by atoms with Crippen LogP contribution in [0.25, 0.3) is 11.3 Å². The van der Waals surface area contributed by atoms with Crippen LogP contribution in [0.3, 0.4) is 0 Å². The number of urea groups is 1. The Kier molecular flexibility index (Phi) is 3.57. The molecule has 4 nitrogen and oxygen atoms in total. The Morgan fingerprint density at radius 1 is 1.33 bits per heavy atom. The third-order valence-corrected chi connectivity index (χ3v) is 2.99. The molecule has 0 unspecified atom stereocenters. The fourth-order valence-electron chi connectivity index (χ4n) is 1.31. The van der Waals surface area contributed by atoms with Crippen LogP contribution in [0.4, 0.5) is 14.2 Å². The lowest BCUT2D eigenvalue weighted by Gasteiger charge is -2.09. The first-order chi connectivity index (χ1) is 8.56. The summed E-state index contributed by atoms with van der Waals surface area (Å²) >= 11 is 1.19. The predicted molar refractivity (Wildman–Crippen MR) is 70.2 cm³/mol. The lowest BCUT2D eigenvalue weighted by Crippen LogP contribution is -2.26. The number of nitrogens with zero attached hydrogens (tertiary/aromatic N) is 2. The van der Waals surface area contributed by atoms with Crippen molar-refractivity contribution in [3.8, 4) is 11.3 Å². The zero-order valence-electron chi connectivity index (χ0n) is 9.98. The second kappa shape index (κ2) is 5.14. The Morgan fingerprint density at radius 2 is 2.00 bits per heavy atom. The van der Waals surface area contributed by atoms with Crippen LogP contribution in [0.5, 0.6) is 0 Å². The highest BCUT2D eigenvalue weighted by molar-refractivity contribution is 7.10. The molecule has 1 aromatic heterocycles. The molecule has 0 aliphatic carbocycles. The number of carbonyl (C=O) groups is 1. The Bertz CT molecular complexity index is 551. The zero-order valence-corrected chi connectivity index (χ0v) is 10.8. The molecule has 0 saturated heterocycles. The van der Waals surface area contributed by atoms with Gasteiger partial charge >= 0.3 is 6.03 Å². The number of carbonyl (C=O) groups excluding carboxylic acids is 1. The molecule has 0 fully saturated rings. The highest BCUT2D eigenvalue weighted by Gasteiger charge is 2.08. The number of hydrogen-bond acceptors (Lipinski definition) is 3. The predicted octanol–water partition coefficient (Wildman–Crippen LogP) is 3.04. The fraction of sp³-hybridized carbons (Fsp3) is 0.167. The van der Waals surface area contributed by atoms with Crippen LogP contribution in [-0.4, -0.2) is 29.4 Å². The van der Waals surface area contributed by atoms with Crippen molar-refractivity contribution in [2.24, 2.45) is 0 Å². The van der Waals surface area contributed by atoms with Gasteiger partial charge in [-0.1, -0.05) is 0 Å². The number of nitrogens with one attached hydrogen (secondary N) is 1. The minimum atomic E-state index is -0.282. The molecular formula is C12H12FN3OS. The van der Waals surface area contributed by atoms with Crippen LogP contribution in [0, 0.1) is 5.82 Å². The van der Waals surface area contributed by atoms with Gasteiger partial charge in [0.25, 0.3) is 0 Å². The highest BCUT2D eigenvalue weighted by atomic mass is 32.1. The lowest BCUT2D eigenvalue weighted by molar-refractivity contribution is 0.231. The zero-order chi connectivity index (χ0) is 13.1. The van der Waals surface area contributed by atoms with Crippen LogP contribution in [0.15, 0.2) is 30.3 Å². The fourth-order valence-corrected chi connectivity index (χ4v) is 1.96. The van der Waals surface area contributed by atoms with E-state index in [1.54, 1.807) is 32.3 Å². The summed E-state index contributed by atoms with van der Waals surface area (Å²) in [6, 6.07) is 7.63. The Balaban J connectivity index is 2.15. The molecule has 0 bridgehead atoms. The number of rotatable bonds is 2. The molecule has 18 heavy (non-hydrogen) atoms. The molecule has 2 rings (SSSR count). The molecule has 0 aliphatic heterocycles. The summed E-state index contributed by atoms with van der Waals surface area (Å²) in [5.74, 6) is -0.282. The van der Waals surface area contributed by atoms with Crippen molar-refractivity contribution >= 4 is 22.6 Å². The highest BCUT2D eigenvalue weighted by Crippen LogP contribution is 2.25. The molecule has 0 spiro atoms. The van der Waals surface area contributed by atoms with Gasteiger partial charge in [0, 0.05) is 25.7 Å². The number of benzene rings is 1.